The summed E-state index contributed by atoms with van der Waals surface area (Å²) in [6, 6.07) is 7.17. The summed E-state index contributed by atoms with van der Waals surface area (Å²) in [6.07, 6.45) is 0. The molecule has 18 heavy (non-hydrogen) atoms. The number of nitrogens with one attached hydrogen (secondary N) is 1. The predicted molar refractivity (Wildman–Crippen MR) is 70.2 cm³/mol. The van der Waals surface area contributed by atoms with Crippen LogP contribution in [0.25, 0.3) is 0 Å². The third-order valence-corrected chi connectivity index (χ3v) is 3.80. The summed E-state index contributed by atoms with van der Waals surface area (Å²) in [5.74, 6) is -0.0904. The van der Waals surface area contributed by atoms with Gasteiger partial charge in [-0.3, -0.25) is 4.79 Å². The number of nitrogens with two attached hydrogens (primary N) is 1. The minimum Gasteiger partial charge on any atom is -0.379 e. The van der Waals surface area contributed by atoms with Gasteiger partial charge < -0.3 is 15.8 Å². The van der Waals surface area contributed by atoms with Crippen LogP contribution in [0.1, 0.15) is 12.5 Å². The molecule has 2 rings (SSSR count). The van der Waals surface area contributed by atoms with Crippen LogP contribution in [0.4, 0.5) is 0 Å². The highest BCUT2D eigenvalue weighted by Crippen LogP contribution is 2.27. The van der Waals surface area contributed by atoms with E-state index in [1.807, 2.05) is 25.1 Å². The summed E-state index contributed by atoms with van der Waals surface area (Å²) in [5, 5.41) is 3.52. The number of hydrogen-bond acceptors (Lipinski definition) is 3. The molecule has 0 radical (unpaired) electrons. The smallest absolute Gasteiger partial charge is 0.230 e. The molecule has 0 aliphatic carbocycles. The lowest BCUT2D eigenvalue weighted by atomic mass is 9.85. The zero-order valence-electron chi connectivity index (χ0n) is 10.3. The fourth-order valence-corrected chi connectivity index (χ4v) is 2.14. The Hall–Kier alpha value is -1.10. The van der Waals surface area contributed by atoms with Crippen LogP contribution in [0.3, 0.4) is 0 Å². The quantitative estimate of drug-likeness (QED) is 0.869. The van der Waals surface area contributed by atoms with Gasteiger partial charge in [-0.2, -0.15) is 0 Å². The van der Waals surface area contributed by atoms with Gasteiger partial charge in [-0.1, -0.05) is 29.8 Å². The summed E-state index contributed by atoms with van der Waals surface area (Å²) in [5.41, 5.74) is 6.14. The first kappa shape index (κ1) is 13.3. The number of rotatable bonds is 3. The molecule has 2 atom stereocenters. The Morgan fingerprint density at radius 2 is 2.33 bits per heavy atom. The van der Waals surface area contributed by atoms with Crippen LogP contribution in [0.2, 0.25) is 5.02 Å². The van der Waals surface area contributed by atoms with E-state index in [0.29, 0.717) is 24.8 Å². The second-order valence-corrected chi connectivity index (χ2v) is 5.22. The zero-order valence-corrected chi connectivity index (χ0v) is 11.0. The number of benzene rings is 1. The van der Waals surface area contributed by atoms with Crippen molar-refractivity contribution < 1.29 is 9.53 Å². The number of amides is 1. The first-order valence-corrected chi connectivity index (χ1v) is 6.27. The van der Waals surface area contributed by atoms with Gasteiger partial charge in [0.2, 0.25) is 5.91 Å². The highest BCUT2D eigenvalue weighted by atomic mass is 35.5. The molecule has 2 unspecified atom stereocenters. The summed E-state index contributed by atoms with van der Waals surface area (Å²) in [6.45, 7) is 3.02. The van der Waals surface area contributed by atoms with E-state index in [9.17, 15) is 4.79 Å². The minimum absolute atomic E-state index is 0.0904. The average Bonchev–Trinajstić information content (AvgIpc) is 2.69. The topological polar surface area (TPSA) is 64.3 Å². The van der Waals surface area contributed by atoms with Crippen LogP contribution in [0.15, 0.2) is 24.3 Å². The number of carbonyl (C=O) groups is 1. The maximum absolute atomic E-state index is 12.1. The monoisotopic (exact) mass is 268 g/mol. The van der Waals surface area contributed by atoms with E-state index in [1.165, 1.54) is 0 Å². The number of halogens is 1. The first-order chi connectivity index (χ1) is 8.54. The Balaban J connectivity index is 1.99. The first-order valence-electron chi connectivity index (χ1n) is 5.89. The molecule has 1 aromatic rings. The maximum Gasteiger partial charge on any atom is 0.230 e. The molecular weight excluding hydrogens is 252 g/mol. The van der Waals surface area contributed by atoms with Crippen LogP contribution in [-0.4, -0.2) is 25.2 Å². The molecule has 0 bridgehead atoms. The molecule has 1 fully saturated rings. The van der Waals surface area contributed by atoms with Gasteiger partial charge in [0, 0.05) is 17.6 Å². The lowest BCUT2D eigenvalue weighted by Crippen LogP contribution is -2.49. The molecule has 1 heterocycles. The van der Waals surface area contributed by atoms with Crippen molar-refractivity contribution in [1.82, 2.24) is 5.32 Å². The van der Waals surface area contributed by atoms with Crippen molar-refractivity contribution in [3.63, 3.8) is 0 Å². The van der Waals surface area contributed by atoms with Gasteiger partial charge in [-0.15, -0.1) is 0 Å². The van der Waals surface area contributed by atoms with Gasteiger partial charge >= 0.3 is 0 Å². The van der Waals surface area contributed by atoms with Gasteiger partial charge in [0.1, 0.15) is 0 Å². The molecule has 1 amide bonds. The molecule has 3 N–H and O–H groups in total. The van der Waals surface area contributed by atoms with E-state index in [1.54, 1.807) is 6.07 Å². The van der Waals surface area contributed by atoms with E-state index in [0.717, 1.165) is 5.56 Å². The molecule has 1 aromatic carbocycles. The van der Waals surface area contributed by atoms with Gasteiger partial charge in [0.25, 0.3) is 0 Å². The summed E-state index contributed by atoms with van der Waals surface area (Å²) >= 11 is 6.03. The average molecular weight is 269 g/mol. The molecule has 4 nitrogen and oxygen atoms in total. The minimum atomic E-state index is -0.652. The Morgan fingerprint density at radius 3 is 2.94 bits per heavy atom. The van der Waals surface area contributed by atoms with Crippen LogP contribution in [-0.2, 0) is 16.1 Å². The Labute approximate surface area is 111 Å². The highest BCUT2D eigenvalue weighted by Gasteiger charge is 2.44. The lowest BCUT2D eigenvalue weighted by molar-refractivity contribution is -0.130. The van der Waals surface area contributed by atoms with Crippen LogP contribution < -0.4 is 11.1 Å². The van der Waals surface area contributed by atoms with Gasteiger partial charge in [-0.05, 0) is 18.6 Å². The van der Waals surface area contributed by atoms with E-state index in [-0.39, 0.29) is 11.9 Å². The normalized spacial score (nSPS) is 27.2. The molecule has 0 spiro atoms. The number of carbonyl (C=O) groups excluding carboxylic acids is 1. The van der Waals surface area contributed by atoms with Gasteiger partial charge in [0.05, 0.1) is 18.6 Å². The van der Waals surface area contributed by atoms with Gasteiger partial charge in [0.15, 0.2) is 0 Å². The van der Waals surface area contributed by atoms with E-state index >= 15 is 0 Å². The van der Waals surface area contributed by atoms with E-state index < -0.39 is 5.41 Å². The largest absolute Gasteiger partial charge is 0.379 e. The SMILES string of the molecule is CC1(C(=O)NCc2ccccc2Cl)COCC1N. The Morgan fingerprint density at radius 1 is 1.61 bits per heavy atom. The second kappa shape index (κ2) is 5.26. The molecular formula is C13H17ClN2O2. The summed E-state index contributed by atoms with van der Waals surface area (Å²) in [4.78, 5) is 12.1. The highest BCUT2D eigenvalue weighted by molar-refractivity contribution is 6.31. The zero-order chi connectivity index (χ0) is 13.2. The van der Waals surface area contributed by atoms with Crippen molar-refractivity contribution >= 4 is 17.5 Å². The van der Waals surface area contributed by atoms with Crippen molar-refractivity contribution in [2.75, 3.05) is 13.2 Å². The van der Waals surface area contributed by atoms with Crippen molar-refractivity contribution in [3.8, 4) is 0 Å². The van der Waals surface area contributed by atoms with Crippen molar-refractivity contribution in [2.24, 2.45) is 11.1 Å². The third kappa shape index (κ3) is 2.51. The fourth-order valence-electron chi connectivity index (χ4n) is 1.94. The van der Waals surface area contributed by atoms with Crippen molar-refractivity contribution in [2.45, 2.75) is 19.5 Å². The van der Waals surface area contributed by atoms with Crippen molar-refractivity contribution in [1.29, 1.82) is 0 Å². The van der Waals surface area contributed by atoms with E-state index in [2.05, 4.69) is 5.32 Å². The molecule has 1 aliphatic heterocycles. The molecule has 1 aliphatic rings. The molecule has 1 saturated heterocycles. The molecule has 0 aromatic heterocycles. The third-order valence-electron chi connectivity index (χ3n) is 3.43. The van der Waals surface area contributed by atoms with Crippen molar-refractivity contribution in [3.05, 3.63) is 34.9 Å². The second-order valence-electron chi connectivity index (χ2n) is 4.81. The van der Waals surface area contributed by atoms with Crippen LogP contribution in [0, 0.1) is 5.41 Å². The Kier molecular flexibility index (Phi) is 3.90. The number of hydrogen-bond donors (Lipinski definition) is 2. The summed E-state index contributed by atoms with van der Waals surface area (Å²) in [7, 11) is 0. The summed E-state index contributed by atoms with van der Waals surface area (Å²) < 4.78 is 5.26. The number of ether oxygens (including phenoxy) is 1. The molecule has 98 valence electrons. The Bertz CT molecular complexity index is 452. The molecule has 0 saturated carbocycles. The lowest BCUT2D eigenvalue weighted by Gasteiger charge is -2.25. The predicted octanol–water partition coefficient (Wildman–Crippen LogP) is 1.32. The maximum atomic E-state index is 12.1. The van der Waals surface area contributed by atoms with E-state index in [4.69, 9.17) is 22.1 Å². The van der Waals surface area contributed by atoms with Crippen LogP contribution in [0.5, 0.6) is 0 Å². The standard InChI is InChI=1S/C13H17ClN2O2/c1-13(8-18-7-11(13)15)12(17)16-6-9-4-2-3-5-10(9)14/h2-5,11H,6-8,15H2,1H3,(H,16,17). The van der Waals surface area contributed by atoms with Crippen LogP contribution >= 0.6 is 11.6 Å². The fraction of sp³-hybridized carbons (Fsp3) is 0.462. The van der Waals surface area contributed by atoms with Gasteiger partial charge in [-0.25, -0.2) is 0 Å². The molecule has 5 heteroatoms.